The highest BCUT2D eigenvalue weighted by molar-refractivity contribution is 7.89. The maximum absolute atomic E-state index is 11.9. The van der Waals surface area contributed by atoms with Crippen LogP contribution in [-0.2, 0) is 14.8 Å². The van der Waals surface area contributed by atoms with Crippen LogP contribution in [0.2, 0.25) is 0 Å². The van der Waals surface area contributed by atoms with E-state index in [1.54, 1.807) is 13.8 Å². The normalized spacial score (nSPS) is 12.6. The Balaban J connectivity index is 2.95. The molecule has 9 heteroatoms. The Morgan fingerprint density at radius 1 is 1.59 bits per heavy atom. The van der Waals surface area contributed by atoms with Gasteiger partial charge < -0.3 is 11.5 Å². The van der Waals surface area contributed by atoms with Gasteiger partial charge in [0, 0.05) is 12.0 Å². The molecule has 0 saturated heterocycles. The second-order valence-electron chi connectivity index (χ2n) is 4.28. The predicted octanol–water partition coefficient (Wildman–Crippen LogP) is -1.08. The summed E-state index contributed by atoms with van der Waals surface area (Å²) in [6.07, 6.45) is 0.974. The summed E-state index contributed by atoms with van der Waals surface area (Å²) in [4.78, 5) is 10.6. The number of H-pyrrole nitrogens is 1. The zero-order valence-corrected chi connectivity index (χ0v) is 10.3. The van der Waals surface area contributed by atoms with Gasteiger partial charge in [0.15, 0.2) is 0 Å². The van der Waals surface area contributed by atoms with E-state index in [9.17, 15) is 13.2 Å². The Hall–Kier alpha value is -1.61. The maximum Gasteiger partial charge on any atom is 0.246 e. The number of hydrogen-bond acceptors (Lipinski definition) is 5. The molecule has 0 aromatic carbocycles. The quantitative estimate of drug-likeness (QED) is 0.533. The highest BCUT2D eigenvalue weighted by Crippen LogP contribution is 2.18. The summed E-state index contributed by atoms with van der Waals surface area (Å²) >= 11 is 0. The summed E-state index contributed by atoms with van der Waals surface area (Å²) < 4.78 is 26.2. The lowest BCUT2D eigenvalue weighted by Crippen LogP contribution is -2.45. The van der Waals surface area contributed by atoms with Crippen LogP contribution in [0.15, 0.2) is 11.1 Å². The fourth-order valence-corrected chi connectivity index (χ4v) is 2.83. The molecule has 1 heterocycles. The van der Waals surface area contributed by atoms with Crippen LogP contribution in [0.1, 0.15) is 20.3 Å². The van der Waals surface area contributed by atoms with Crippen molar-refractivity contribution >= 4 is 21.7 Å². The molecule has 0 unspecified atom stereocenters. The number of nitrogens with one attached hydrogen (secondary N) is 2. The molecule has 1 aromatic heterocycles. The summed E-state index contributed by atoms with van der Waals surface area (Å²) in [5, 5.41) is 5.84. The molecule has 8 nitrogen and oxygen atoms in total. The topological polar surface area (TPSA) is 144 Å². The lowest BCUT2D eigenvalue weighted by molar-refractivity contribution is -0.119. The third-order valence-corrected chi connectivity index (χ3v) is 3.67. The van der Waals surface area contributed by atoms with Gasteiger partial charge in [-0.15, -0.1) is 0 Å². The van der Waals surface area contributed by atoms with Crippen LogP contribution in [0.4, 0.5) is 5.82 Å². The maximum atomic E-state index is 11.9. The van der Waals surface area contributed by atoms with Gasteiger partial charge >= 0.3 is 0 Å². The molecule has 0 aliphatic heterocycles. The van der Waals surface area contributed by atoms with Gasteiger partial charge in [-0.2, -0.15) is 5.10 Å². The predicted molar refractivity (Wildman–Crippen MR) is 61.2 cm³/mol. The average molecular weight is 261 g/mol. The van der Waals surface area contributed by atoms with Crippen molar-refractivity contribution in [3.8, 4) is 0 Å². The van der Waals surface area contributed by atoms with Crippen molar-refractivity contribution in [1.29, 1.82) is 0 Å². The van der Waals surface area contributed by atoms with Crippen LogP contribution in [0.25, 0.3) is 0 Å². The molecular formula is C8H15N5O3S. The molecule has 0 saturated carbocycles. The number of sulfonamides is 1. The smallest absolute Gasteiger partial charge is 0.246 e. The second-order valence-corrected chi connectivity index (χ2v) is 5.93. The van der Waals surface area contributed by atoms with Crippen LogP contribution >= 0.6 is 0 Å². The molecule has 1 aromatic rings. The second kappa shape index (κ2) is 4.34. The number of aromatic amines is 1. The van der Waals surface area contributed by atoms with E-state index < -0.39 is 21.5 Å². The van der Waals surface area contributed by atoms with E-state index >= 15 is 0 Å². The zero-order valence-electron chi connectivity index (χ0n) is 9.52. The third kappa shape index (κ3) is 3.43. The van der Waals surface area contributed by atoms with E-state index in [0.29, 0.717) is 0 Å². The molecule has 1 amide bonds. The van der Waals surface area contributed by atoms with Crippen LogP contribution < -0.4 is 16.2 Å². The monoisotopic (exact) mass is 261 g/mol. The Labute approximate surface area is 98.8 Å². The van der Waals surface area contributed by atoms with Gasteiger partial charge in [-0.3, -0.25) is 9.89 Å². The summed E-state index contributed by atoms with van der Waals surface area (Å²) in [6, 6.07) is 0. The van der Waals surface area contributed by atoms with Gasteiger partial charge in [0.1, 0.15) is 10.7 Å². The van der Waals surface area contributed by atoms with Gasteiger partial charge in [0.25, 0.3) is 0 Å². The van der Waals surface area contributed by atoms with Crippen molar-refractivity contribution in [1.82, 2.24) is 14.9 Å². The van der Waals surface area contributed by atoms with Crippen LogP contribution in [0.3, 0.4) is 0 Å². The molecule has 0 aliphatic rings. The SMILES string of the molecule is CC(C)(CC(N)=O)NS(=O)(=O)c1cn[nH]c1N. The molecule has 0 fully saturated rings. The van der Waals surface area contributed by atoms with Crippen molar-refractivity contribution in [2.75, 3.05) is 5.73 Å². The molecule has 0 bridgehead atoms. The number of nitrogens with two attached hydrogens (primary N) is 2. The molecule has 6 N–H and O–H groups in total. The van der Waals surface area contributed by atoms with E-state index in [2.05, 4.69) is 14.9 Å². The number of primary amides is 1. The number of aromatic nitrogens is 2. The lowest BCUT2D eigenvalue weighted by Gasteiger charge is -2.23. The Kier molecular flexibility index (Phi) is 3.43. The highest BCUT2D eigenvalue weighted by Gasteiger charge is 2.29. The van der Waals surface area contributed by atoms with Crippen molar-refractivity contribution in [3.63, 3.8) is 0 Å². The average Bonchev–Trinajstić information content (AvgIpc) is 2.46. The molecule has 0 radical (unpaired) electrons. The molecule has 96 valence electrons. The van der Waals surface area contributed by atoms with Gasteiger partial charge in [-0.1, -0.05) is 0 Å². The first-order valence-electron chi connectivity index (χ1n) is 4.75. The van der Waals surface area contributed by atoms with Gasteiger partial charge in [-0.05, 0) is 13.8 Å². The molecule has 0 spiro atoms. The Bertz CT molecular complexity index is 519. The summed E-state index contributed by atoms with van der Waals surface area (Å²) in [7, 11) is -3.83. The number of nitrogens with zero attached hydrogens (tertiary/aromatic N) is 1. The number of hydrogen-bond donors (Lipinski definition) is 4. The summed E-state index contributed by atoms with van der Waals surface area (Å²) in [5.74, 6) is -0.662. The van der Waals surface area contributed by atoms with Gasteiger partial charge in [-0.25, -0.2) is 13.1 Å². The molecule has 0 aliphatic carbocycles. The van der Waals surface area contributed by atoms with E-state index in [1.807, 2.05) is 0 Å². The van der Waals surface area contributed by atoms with Crippen LogP contribution in [0.5, 0.6) is 0 Å². The largest absolute Gasteiger partial charge is 0.383 e. The minimum Gasteiger partial charge on any atom is -0.383 e. The van der Waals surface area contributed by atoms with Crippen molar-refractivity contribution < 1.29 is 13.2 Å². The minimum absolute atomic E-state index is 0.0626. The number of nitrogen functional groups attached to an aromatic ring is 1. The van der Waals surface area contributed by atoms with Crippen molar-refractivity contribution in [3.05, 3.63) is 6.20 Å². The minimum atomic E-state index is -3.83. The van der Waals surface area contributed by atoms with E-state index in [4.69, 9.17) is 11.5 Å². The van der Waals surface area contributed by atoms with E-state index in [-0.39, 0.29) is 17.1 Å². The highest BCUT2D eigenvalue weighted by atomic mass is 32.2. The summed E-state index contributed by atoms with van der Waals surface area (Å²) in [5.41, 5.74) is 9.46. The lowest BCUT2D eigenvalue weighted by atomic mass is 10.0. The molecule has 1 rings (SSSR count). The number of carbonyl (C=O) groups is 1. The fourth-order valence-electron chi connectivity index (χ4n) is 1.39. The van der Waals surface area contributed by atoms with Crippen LogP contribution in [0, 0.1) is 0 Å². The zero-order chi connectivity index (χ0) is 13.3. The van der Waals surface area contributed by atoms with E-state index in [1.165, 1.54) is 0 Å². The Morgan fingerprint density at radius 2 is 2.18 bits per heavy atom. The van der Waals surface area contributed by atoms with Crippen molar-refractivity contribution in [2.45, 2.75) is 30.7 Å². The van der Waals surface area contributed by atoms with Gasteiger partial charge in [0.2, 0.25) is 15.9 Å². The third-order valence-electron chi connectivity index (χ3n) is 1.95. The molecule has 17 heavy (non-hydrogen) atoms. The first-order chi connectivity index (χ1) is 7.64. The molecule has 0 atom stereocenters. The Morgan fingerprint density at radius 3 is 2.59 bits per heavy atom. The number of carbonyl (C=O) groups excluding carboxylic acids is 1. The van der Waals surface area contributed by atoms with Gasteiger partial charge in [0.05, 0.1) is 6.20 Å². The number of anilines is 1. The first kappa shape index (κ1) is 13.5. The number of amides is 1. The molecular weight excluding hydrogens is 246 g/mol. The fraction of sp³-hybridized carbons (Fsp3) is 0.500. The van der Waals surface area contributed by atoms with E-state index in [0.717, 1.165) is 6.20 Å². The summed E-state index contributed by atoms with van der Waals surface area (Å²) in [6.45, 7) is 3.09. The standard InChI is InChI=1S/C8H15N5O3S/c1-8(2,3-6(9)14)13-17(15,16)5-4-11-12-7(5)10/h4,13H,3H2,1-2H3,(H2,9,14)(H3,10,11,12). The first-order valence-corrected chi connectivity index (χ1v) is 6.23. The van der Waals surface area contributed by atoms with Crippen molar-refractivity contribution in [2.24, 2.45) is 5.73 Å². The number of rotatable bonds is 5. The van der Waals surface area contributed by atoms with Crippen LogP contribution in [-0.4, -0.2) is 30.1 Å².